The van der Waals surface area contributed by atoms with E-state index in [2.05, 4.69) is 87.2 Å². The number of hydrogen-bond acceptors (Lipinski definition) is 2. The van der Waals surface area contributed by atoms with Crippen LogP contribution in [0.4, 0.5) is 5.69 Å². The summed E-state index contributed by atoms with van der Waals surface area (Å²) in [5.41, 5.74) is 1.16. The van der Waals surface area contributed by atoms with Gasteiger partial charge in [0.05, 0.1) is 9.83 Å². The Morgan fingerprint density at radius 3 is 2.44 bits per heavy atom. The normalized spacial score (nSPS) is 12.4. The smallest absolute Gasteiger partial charge is 0.0702 e. The molecule has 0 aliphatic rings. The fraction of sp³-hybridized carbons (Fsp3) is 0.167. The van der Waals surface area contributed by atoms with E-state index in [1.807, 2.05) is 0 Å². The Hall–Kier alpha value is -0.0700. The summed E-state index contributed by atoms with van der Waals surface area (Å²) in [5.74, 6) is 0. The Morgan fingerprint density at radius 2 is 1.88 bits per heavy atom. The Morgan fingerprint density at radius 1 is 1.19 bits per heavy atom. The minimum absolute atomic E-state index is 0.344. The molecular formula is C12H11BrINS. The maximum absolute atomic E-state index is 3.49. The quantitative estimate of drug-likeness (QED) is 0.681. The van der Waals surface area contributed by atoms with Crippen LogP contribution in [-0.4, -0.2) is 0 Å². The monoisotopic (exact) mass is 407 g/mol. The van der Waals surface area contributed by atoms with Crippen LogP contribution >= 0.6 is 49.9 Å². The molecule has 1 unspecified atom stereocenters. The molecule has 1 aromatic carbocycles. The molecular weight excluding hydrogens is 397 g/mol. The zero-order valence-electron chi connectivity index (χ0n) is 8.71. The lowest BCUT2D eigenvalue weighted by Gasteiger charge is -2.13. The Bertz CT molecular complexity index is 466. The van der Waals surface area contributed by atoms with Crippen molar-refractivity contribution >= 4 is 55.5 Å². The predicted molar refractivity (Wildman–Crippen MR) is 83.2 cm³/mol. The standard InChI is InChI=1S/C12H11BrINS/c1-8(11-6-7-12(13)16-11)15-10-4-2-9(14)3-5-10/h2-8,15H,1H3. The van der Waals surface area contributed by atoms with Gasteiger partial charge in [-0.15, -0.1) is 11.3 Å². The summed E-state index contributed by atoms with van der Waals surface area (Å²) in [5, 5.41) is 3.48. The Balaban J connectivity index is 2.07. The SMILES string of the molecule is CC(Nc1ccc(I)cc1)c1ccc(Br)s1. The molecule has 0 fully saturated rings. The van der Waals surface area contributed by atoms with E-state index in [4.69, 9.17) is 0 Å². The van der Waals surface area contributed by atoms with Crippen molar-refractivity contribution in [2.45, 2.75) is 13.0 Å². The highest BCUT2D eigenvalue weighted by atomic mass is 127. The third-order valence-corrected chi connectivity index (χ3v) is 4.77. The summed E-state index contributed by atoms with van der Waals surface area (Å²) in [6.45, 7) is 2.18. The molecule has 0 bridgehead atoms. The van der Waals surface area contributed by atoms with E-state index in [9.17, 15) is 0 Å². The largest absolute Gasteiger partial charge is 0.378 e. The van der Waals surface area contributed by atoms with E-state index >= 15 is 0 Å². The molecule has 1 heterocycles. The summed E-state index contributed by atoms with van der Waals surface area (Å²) in [6, 6.07) is 13.0. The molecule has 0 saturated carbocycles. The second kappa shape index (κ2) is 5.51. The number of rotatable bonds is 3. The first-order valence-electron chi connectivity index (χ1n) is 4.92. The van der Waals surface area contributed by atoms with Crippen LogP contribution in [0.25, 0.3) is 0 Å². The lowest BCUT2D eigenvalue weighted by atomic mass is 10.2. The van der Waals surface area contributed by atoms with Crippen molar-refractivity contribution in [1.82, 2.24) is 0 Å². The Labute approximate surface area is 122 Å². The van der Waals surface area contributed by atoms with Gasteiger partial charge < -0.3 is 5.32 Å². The number of thiophene rings is 1. The zero-order chi connectivity index (χ0) is 11.5. The summed E-state index contributed by atoms with van der Waals surface area (Å²) >= 11 is 7.57. The molecule has 1 atom stereocenters. The molecule has 16 heavy (non-hydrogen) atoms. The zero-order valence-corrected chi connectivity index (χ0v) is 13.3. The van der Waals surface area contributed by atoms with Crippen LogP contribution in [0.15, 0.2) is 40.2 Å². The number of benzene rings is 1. The molecule has 0 spiro atoms. The number of hydrogen-bond donors (Lipinski definition) is 1. The van der Waals surface area contributed by atoms with Gasteiger partial charge >= 0.3 is 0 Å². The molecule has 0 amide bonds. The molecule has 0 saturated heterocycles. The highest BCUT2D eigenvalue weighted by Crippen LogP contribution is 2.29. The molecule has 0 radical (unpaired) electrons. The first kappa shape index (κ1) is 12.4. The average molecular weight is 408 g/mol. The van der Waals surface area contributed by atoms with E-state index < -0.39 is 0 Å². The van der Waals surface area contributed by atoms with Crippen LogP contribution in [0.3, 0.4) is 0 Å². The van der Waals surface area contributed by atoms with Crippen LogP contribution in [0.1, 0.15) is 17.8 Å². The number of nitrogens with one attached hydrogen (secondary N) is 1. The minimum Gasteiger partial charge on any atom is -0.378 e. The van der Waals surface area contributed by atoms with E-state index in [0.29, 0.717) is 6.04 Å². The maximum Gasteiger partial charge on any atom is 0.0702 e. The van der Waals surface area contributed by atoms with Crippen LogP contribution in [0.2, 0.25) is 0 Å². The van der Waals surface area contributed by atoms with Crippen molar-refractivity contribution in [3.63, 3.8) is 0 Å². The molecule has 1 nitrogen and oxygen atoms in total. The second-order valence-corrected chi connectivity index (χ2v) is 7.26. The molecule has 1 aromatic heterocycles. The van der Waals surface area contributed by atoms with Gasteiger partial charge in [0.1, 0.15) is 0 Å². The van der Waals surface area contributed by atoms with Gasteiger partial charge in [-0.1, -0.05) is 0 Å². The van der Waals surface area contributed by atoms with Crippen molar-refractivity contribution in [3.8, 4) is 0 Å². The highest BCUT2D eigenvalue weighted by Gasteiger charge is 2.07. The summed E-state index contributed by atoms with van der Waals surface area (Å²) in [4.78, 5) is 1.34. The summed E-state index contributed by atoms with van der Waals surface area (Å²) in [7, 11) is 0. The van der Waals surface area contributed by atoms with Crippen LogP contribution in [-0.2, 0) is 0 Å². The van der Waals surface area contributed by atoms with Gasteiger partial charge in [-0.05, 0) is 81.8 Å². The van der Waals surface area contributed by atoms with Crippen LogP contribution in [0.5, 0.6) is 0 Å². The van der Waals surface area contributed by atoms with Crippen molar-refractivity contribution in [3.05, 3.63) is 48.6 Å². The van der Waals surface area contributed by atoms with Gasteiger partial charge in [0.25, 0.3) is 0 Å². The van der Waals surface area contributed by atoms with Crippen molar-refractivity contribution in [2.75, 3.05) is 5.32 Å². The molecule has 0 aliphatic heterocycles. The molecule has 2 rings (SSSR count). The third-order valence-electron chi connectivity index (χ3n) is 2.25. The predicted octanol–water partition coefficient (Wildman–Crippen LogP) is 5.29. The van der Waals surface area contributed by atoms with Gasteiger partial charge in [-0.2, -0.15) is 0 Å². The van der Waals surface area contributed by atoms with Crippen LogP contribution in [0, 0.1) is 3.57 Å². The molecule has 1 N–H and O–H groups in total. The lowest BCUT2D eigenvalue weighted by molar-refractivity contribution is 0.908. The topological polar surface area (TPSA) is 12.0 Å². The van der Waals surface area contributed by atoms with Gasteiger partial charge in [0, 0.05) is 14.1 Å². The first-order valence-corrected chi connectivity index (χ1v) is 7.61. The molecule has 4 heteroatoms. The lowest BCUT2D eigenvalue weighted by Crippen LogP contribution is -2.04. The second-order valence-electron chi connectivity index (χ2n) is 3.51. The third kappa shape index (κ3) is 3.21. The summed E-state index contributed by atoms with van der Waals surface area (Å²) in [6.07, 6.45) is 0. The van der Waals surface area contributed by atoms with Crippen molar-refractivity contribution in [1.29, 1.82) is 0 Å². The van der Waals surface area contributed by atoms with E-state index in [1.54, 1.807) is 11.3 Å². The van der Waals surface area contributed by atoms with Gasteiger partial charge in [0.2, 0.25) is 0 Å². The van der Waals surface area contributed by atoms with E-state index in [1.165, 1.54) is 12.2 Å². The van der Waals surface area contributed by atoms with Gasteiger partial charge in [0.15, 0.2) is 0 Å². The van der Waals surface area contributed by atoms with Gasteiger partial charge in [-0.3, -0.25) is 0 Å². The fourth-order valence-electron chi connectivity index (χ4n) is 1.43. The molecule has 84 valence electrons. The van der Waals surface area contributed by atoms with E-state index in [0.717, 1.165) is 5.69 Å². The average Bonchev–Trinajstić information content (AvgIpc) is 2.68. The molecule has 2 aromatic rings. The highest BCUT2D eigenvalue weighted by molar-refractivity contribution is 14.1. The van der Waals surface area contributed by atoms with Crippen molar-refractivity contribution in [2.24, 2.45) is 0 Å². The van der Waals surface area contributed by atoms with Crippen LogP contribution < -0.4 is 5.32 Å². The summed E-state index contributed by atoms with van der Waals surface area (Å²) < 4.78 is 2.44. The number of anilines is 1. The molecule has 0 aliphatic carbocycles. The Kier molecular flexibility index (Phi) is 4.27. The fourth-order valence-corrected chi connectivity index (χ4v) is 3.21. The van der Waals surface area contributed by atoms with Crippen molar-refractivity contribution < 1.29 is 0 Å². The first-order chi connectivity index (χ1) is 7.65. The maximum atomic E-state index is 3.49. The van der Waals surface area contributed by atoms with Gasteiger partial charge in [-0.25, -0.2) is 0 Å². The number of halogens is 2. The van der Waals surface area contributed by atoms with E-state index in [-0.39, 0.29) is 0 Å². The minimum atomic E-state index is 0.344.